The number of allylic oxidation sites excluding steroid dienone is 2. The first-order valence-corrected chi connectivity index (χ1v) is 8.96. The zero-order valence-electron chi connectivity index (χ0n) is 13.6. The number of rotatable bonds is 0. The third kappa shape index (κ3) is 10.2. The minimum Gasteiger partial charge on any atom is -0.299 e. The summed E-state index contributed by atoms with van der Waals surface area (Å²) in [4.78, 5) is 11.8. The molecule has 1 heteroatoms. The van der Waals surface area contributed by atoms with Gasteiger partial charge < -0.3 is 0 Å². The molecule has 116 valence electrons. The minimum atomic E-state index is 0.444. The molecule has 0 aromatic carbocycles. The lowest BCUT2D eigenvalue weighted by atomic mass is 10.0. The molecular weight excluding hydrogens is 244 g/mol. The van der Waals surface area contributed by atoms with E-state index in [9.17, 15) is 4.79 Å². The van der Waals surface area contributed by atoms with Gasteiger partial charge in [0.05, 0.1) is 0 Å². The number of hydrogen-bond donors (Lipinski definition) is 0. The Morgan fingerprint density at radius 3 is 1.70 bits per heavy atom. The Hall–Kier alpha value is -0.590. The van der Waals surface area contributed by atoms with Gasteiger partial charge in [0.15, 0.2) is 0 Å². The normalized spacial score (nSPS) is 25.2. The Bertz CT molecular complexity index is 277. The molecule has 0 amide bonds. The van der Waals surface area contributed by atoms with Crippen LogP contribution in [0.4, 0.5) is 0 Å². The summed E-state index contributed by atoms with van der Waals surface area (Å²) in [5.74, 6) is 0.444. The highest BCUT2D eigenvalue weighted by Gasteiger charge is 2.03. The summed E-state index contributed by atoms with van der Waals surface area (Å²) in [5.41, 5.74) is 1.29. The average Bonchev–Trinajstić information content (AvgIpc) is 2.42. The van der Waals surface area contributed by atoms with Crippen LogP contribution in [0.2, 0.25) is 0 Å². The second-order valence-electron chi connectivity index (χ2n) is 6.55. The van der Waals surface area contributed by atoms with Gasteiger partial charge in [-0.1, -0.05) is 75.9 Å². The molecule has 0 N–H and O–H groups in total. The lowest BCUT2D eigenvalue weighted by Crippen LogP contribution is -1.98. The highest BCUT2D eigenvalue weighted by molar-refractivity contribution is 5.80. The summed E-state index contributed by atoms with van der Waals surface area (Å²) in [6.07, 6.45) is 21.1. The van der Waals surface area contributed by atoms with Crippen molar-refractivity contribution in [2.75, 3.05) is 0 Å². The maximum atomic E-state index is 11.8. The number of carbonyl (C=O) groups excluding carboxylic acids is 1. The number of ketones is 1. The lowest BCUT2D eigenvalue weighted by Gasteiger charge is -2.05. The van der Waals surface area contributed by atoms with E-state index < -0.39 is 0 Å². The molecule has 0 saturated carbocycles. The van der Waals surface area contributed by atoms with Crippen molar-refractivity contribution < 1.29 is 4.79 Å². The Kier molecular flexibility index (Phi) is 10.6. The summed E-state index contributed by atoms with van der Waals surface area (Å²) in [5, 5.41) is 0. The van der Waals surface area contributed by atoms with Crippen LogP contribution in [0.3, 0.4) is 0 Å². The molecule has 1 aliphatic rings. The number of Topliss-reactive ketones (excluding diaryl/α,β-unsaturated/α-hetero) is 1. The van der Waals surface area contributed by atoms with Crippen LogP contribution in [-0.4, -0.2) is 5.78 Å². The molecule has 0 fully saturated rings. The highest BCUT2D eigenvalue weighted by Crippen LogP contribution is 2.15. The van der Waals surface area contributed by atoms with E-state index in [1.807, 2.05) is 0 Å². The minimum absolute atomic E-state index is 0.444. The van der Waals surface area contributed by atoms with Crippen molar-refractivity contribution in [2.24, 2.45) is 0 Å². The first kappa shape index (κ1) is 17.5. The fourth-order valence-electron chi connectivity index (χ4n) is 3.05. The molecule has 0 atom stereocenters. The number of carbonyl (C=O) groups is 1. The second-order valence-corrected chi connectivity index (χ2v) is 6.55. The summed E-state index contributed by atoms with van der Waals surface area (Å²) in [6.45, 7) is 2.12. The topological polar surface area (TPSA) is 17.1 Å². The van der Waals surface area contributed by atoms with Gasteiger partial charge in [0.1, 0.15) is 5.78 Å². The van der Waals surface area contributed by atoms with E-state index in [1.165, 1.54) is 82.6 Å². The van der Waals surface area contributed by atoms with Crippen LogP contribution in [-0.2, 0) is 4.79 Å². The maximum Gasteiger partial charge on any atom is 0.136 e. The molecule has 0 aromatic rings. The average molecular weight is 278 g/mol. The first-order chi connectivity index (χ1) is 9.79. The van der Waals surface area contributed by atoms with Crippen LogP contribution in [0.15, 0.2) is 11.6 Å². The molecule has 1 nitrogen and oxygen atoms in total. The summed E-state index contributed by atoms with van der Waals surface area (Å²) in [6, 6.07) is 0. The molecule has 0 aliphatic heterocycles. The lowest BCUT2D eigenvalue weighted by molar-refractivity contribution is -0.118. The van der Waals surface area contributed by atoms with Crippen molar-refractivity contribution in [2.45, 2.75) is 103 Å². The predicted molar refractivity (Wildman–Crippen MR) is 88.0 cm³/mol. The quantitative estimate of drug-likeness (QED) is 0.471. The third-order valence-corrected chi connectivity index (χ3v) is 4.38. The van der Waals surface area contributed by atoms with Crippen LogP contribution >= 0.6 is 0 Å². The largest absolute Gasteiger partial charge is 0.299 e. The molecule has 0 saturated heterocycles. The van der Waals surface area contributed by atoms with E-state index in [-0.39, 0.29) is 0 Å². The predicted octanol–water partition coefficient (Wildman–Crippen LogP) is 6.37. The molecular formula is C19H34O. The summed E-state index contributed by atoms with van der Waals surface area (Å²) in [7, 11) is 0. The Balaban J connectivity index is 2.27. The van der Waals surface area contributed by atoms with Gasteiger partial charge in [-0.25, -0.2) is 0 Å². The smallest absolute Gasteiger partial charge is 0.136 e. The summed E-state index contributed by atoms with van der Waals surface area (Å²) >= 11 is 0. The Morgan fingerprint density at radius 1 is 0.700 bits per heavy atom. The molecule has 1 aliphatic carbocycles. The monoisotopic (exact) mass is 278 g/mol. The van der Waals surface area contributed by atoms with Crippen LogP contribution in [0.5, 0.6) is 0 Å². The second kappa shape index (κ2) is 12.2. The van der Waals surface area contributed by atoms with E-state index >= 15 is 0 Å². The van der Waals surface area contributed by atoms with Crippen molar-refractivity contribution in [3.8, 4) is 0 Å². The van der Waals surface area contributed by atoms with Gasteiger partial charge in [0.25, 0.3) is 0 Å². The highest BCUT2D eigenvalue weighted by atomic mass is 16.1. The molecule has 0 bridgehead atoms. The van der Waals surface area contributed by atoms with E-state index in [2.05, 4.69) is 13.0 Å². The van der Waals surface area contributed by atoms with Crippen molar-refractivity contribution >= 4 is 5.78 Å². The molecule has 0 unspecified atom stereocenters. The summed E-state index contributed by atoms with van der Waals surface area (Å²) < 4.78 is 0. The van der Waals surface area contributed by atoms with Crippen LogP contribution < -0.4 is 0 Å². The Morgan fingerprint density at radius 2 is 1.15 bits per heavy atom. The van der Waals surface area contributed by atoms with Gasteiger partial charge in [-0.05, 0) is 26.2 Å². The van der Waals surface area contributed by atoms with Crippen molar-refractivity contribution in [1.82, 2.24) is 0 Å². The van der Waals surface area contributed by atoms with E-state index in [4.69, 9.17) is 0 Å². The van der Waals surface area contributed by atoms with Crippen LogP contribution in [0, 0.1) is 0 Å². The fourth-order valence-corrected chi connectivity index (χ4v) is 3.05. The van der Waals surface area contributed by atoms with Crippen molar-refractivity contribution in [3.63, 3.8) is 0 Å². The molecule has 1 rings (SSSR count). The van der Waals surface area contributed by atoms with E-state index in [0.29, 0.717) is 12.2 Å². The molecule has 0 spiro atoms. The fraction of sp³-hybridized carbons (Fsp3) is 0.842. The van der Waals surface area contributed by atoms with E-state index in [0.717, 1.165) is 12.8 Å². The third-order valence-electron chi connectivity index (χ3n) is 4.38. The Labute approximate surface area is 126 Å². The molecule has 0 aromatic heterocycles. The van der Waals surface area contributed by atoms with Gasteiger partial charge in [0.2, 0.25) is 0 Å². The van der Waals surface area contributed by atoms with Crippen LogP contribution in [0.1, 0.15) is 103 Å². The van der Waals surface area contributed by atoms with Gasteiger partial charge >= 0.3 is 0 Å². The van der Waals surface area contributed by atoms with Crippen molar-refractivity contribution in [3.05, 3.63) is 11.6 Å². The first-order valence-electron chi connectivity index (χ1n) is 8.96. The molecule has 0 radical (unpaired) electrons. The van der Waals surface area contributed by atoms with Gasteiger partial charge in [-0.15, -0.1) is 0 Å². The maximum absolute atomic E-state index is 11.8. The SMILES string of the molecule is C/C1=C\CCCCCCCCCCCCCCC(=O)C1. The van der Waals surface area contributed by atoms with Crippen molar-refractivity contribution in [1.29, 1.82) is 0 Å². The molecule has 0 heterocycles. The van der Waals surface area contributed by atoms with Gasteiger partial charge in [0, 0.05) is 12.8 Å². The number of hydrogen-bond acceptors (Lipinski definition) is 1. The van der Waals surface area contributed by atoms with Gasteiger partial charge in [-0.3, -0.25) is 4.79 Å². The zero-order chi connectivity index (χ0) is 14.5. The standard InChI is InChI=1S/C19H34O/c1-18-15-13-11-9-7-5-3-2-4-6-8-10-12-14-16-19(20)17-18/h15H,2-14,16-17H2,1H3/b18-15+. The zero-order valence-corrected chi connectivity index (χ0v) is 13.6. The molecule has 20 heavy (non-hydrogen) atoms. The van der Waals surface area contributed by atoms with Gasteiger partial charge in [-0.2, -0.15) is 0 Å². The van der Waals surface area contributed by atoms with E-state index in [1.54, 1.807) is 0 Å². The van der Waals surface area contributed by atoms with Crippen LogP contribution in [0.25, 0.3) is 0 Å².